The van der Waals surface area contributed by atoms with E-state index in [0.29, 0.717) is 5.13 Å². The number of nitrogens with one attached hydrogen (secondary N) is 1. The summed E-state index contributed by atoms with van der Waals surface area (Å²) in [6, 6.07) is 10.2. The van der Waals surface area contributed by atoms with Crippen LogP contribution >= 0.6 is 11.3 Å². The molecule has 0 bridgehead atoms. The number of amides is 1. The van der Waals surface area contributed by atoms with Crippen molar-refractivity contribution in [3.63, 3.8) is 0 Å². The van der Waals surface area contributed by atoms with Crippen LogP contribution in [0.4, 0.5) is 5.13 Å². The Morgan fingerprint density at radius 2 is 1.96 bits per heavy atom. The van der Waals surface area contributed by atoms with E-state index >= 15 is 0 Å². The van der Waals surface area contributed by atoms with E-state index in [9.17, 15) is 4.79 Å². The van der Waals surface area contributed by atoms with E-state index in [1.807, 2.05) is 24.4 Å². The highest BCUT2D eigenvalue weighted by Gasteiger charge is 2.26. The van der Waals surface area contributed by atoms with Crippen molar-refractivity contribution in [2.24, 2.45) is 11.8 Å². The average Bonchev–Trinajstić information content (AvgIpc) is 3.09. The third kappa shape index (κ3) is 4.44. The minimum Gasteiger partial charge on any atom is -0.302 e. The van der Waals surface area contributed by atoms with Crippen molar-refractivity contribution in [1.82, 2.24) is 4.98 Å². The molecule has 1 saturated carbocycles. The first-order valence-electron chi connectivity index (χ1n) is 9.08. The lowest BCUT2D eigenvalue weighted by Crippen LogP contribution is -2.27. The molecule has 1 aromatic heterocycles. The average molecular weight is 343 g/mol. The molecule has 0 atom stereocenters. The lowest BCUT2D eigenvalue weighted by Gasteiger charge is -2.27. The standard InChI is InChI=1S/C20H26N2OS/c1-2-3-7-15-10-12-17(13-11-15)19(23)22-20-21-14-18(24-20)16-8-5-4-6-9-16/h4-6,8-9,14-15,17H,2-3,7,10-13H2,1H3,(H,21,22,23). The highest BCUT2D eigenvalue weighted by Crippen LogP contribution is 2.33. The van der Waals surface area contributed by atoms with Gasteiger partial charge in [0, 0.05) is 12.1 Å². The topological polar surface area (TPSA) is 42.0 Å². The van der Waals surface area contributed by atoms with Crippen molar-refractivity contribution in [3.8, 4) is 10.4 Å². The first-order chi connectivity index (χ1) is 11.8. The molecule has 2 aromatic rings. The predicted octanol–water partition coefficient (Wildman–Crippen LogP) is 5.75. The third-order valence-electron chi connectivity index (χ3n) is 4.98. The molecule has 0 saturated heterocycles. The zero-order chi connectivity index (χ0) is 16.8. The van der Waals surface area contributed by atoms with Gasteiger partial charge in [0.2, 0.25) is 5.91 Å². The van der Waals surface area contributed by atoms with Gasteiger partial charge in [-0.15, -0.1) is 0 Å². The van der Waals surface area contributed by atoms with Gasteiger partial charge in [-0.1, -0.05) is 67.9 Å². The van der Waals surface area contributed by atoms with E-state index in [4.69, 9.17) is 0 Å². The van der Waals surface area contributed by atoms with Gasteiger partial charge in [0.1, 0.15) is 0 Å². The molecule has 128 valence electrons. The molecule has 1 aliphatic rings. The summed E-state index contributed by atoms with van der Waals surface area (Å²) in [4.78, 5) is 18.0. The molecule has 1 fully saturated rings. The lowest BCUT2D eigenvalue weighted by atomic mass is 9.79. The number of carbonyl (C=O) groups is 1. The molecule has 1 aromatic carbocycles. The zero-order valence-corrected chi connectivity index (χ0v) is 15.1. The Bertz CT molecular complexity index is 645. The van der Waals surface area contributed by atoms with Gasteiger partial charge in [0.15, 0.2) is 5.13 Å². The van der Waals surface area contributed by atoms with Crippen LogP contribution in [-0.2, 0) is 4.79 Å². The minimum atomic E-state index is 0.151. The summed E-state index contributed by atoms with van der Waals surface area (Å²) in [6.07, 6.45) is 10.2. The van der Waals surface area contributed by atoms with Gasteiger partial charge >= 0.3 is 0 Å². The van der Waals surface area contributed by atoms with Gasteiger partial charge in [-0.05, 0) is 37.2 Å². The molecule has 4 heteroatoms. The van der Waals surface area contributed by atoms with E-state index in [1.165, 1.54) is 32.1 Å². The van der Waals surface area contributed by atoms with Gasteiger partial charge in [0.25, 0.3) is 0 Å². The Labute approximate surface area is 148 Å². The zero-order valence-electron chi connectivity index (χ0n) is 14.3. The Kier molecular flexibility index (Phi) is 6.02. The number of aromatic nitrogens is 1. The summed E-state index contributed by atoms with van der Waals surface area (Å²) in [6.45, 7) is 2.25. The van der Waals surface area contributed by atoms with Crippen molar-refractivity contribution < 1.29 is 4.79 Å². The molecule has 1 heterocycles. The first-order valence-corrected chi connectivity index (χ1v) is 9.90. The van der Waals surface area contributed by atoms with Crippen LogP contribution in [0.2, 0.25) is 0 Å². The fraction of sp³-hybridized carbons (Fsp3) is 0.500. The van der Waals surface area contributed by atoms with Gasteiger partial charge in [-0.2, -0.15) is 0 Å². The largest absolute Gasteiger partial charge is 0.302 e. The van der Waals surface area contributed by atoms with Crippen LogP contribution in [0.3, 0.4) is 0 Å². The number of benzene rings is 1. The smallest absolute Gasteiger partial charge is 0.229 e. The third-order valence-corrected chi connectivity index (χ3v) is 5.94. The number of nitrogens with zero attached hydrogens (tertiary/aromatic N) is 1. The molecule has 0 spiro atoms. The fourth-order valence-electron chi connectivity index (χ4n) is 3.48. The van der Waals surface area contributed by atoms with Crippen LogP contribution in [0.5, 0.6) is 0 Å². The van der Waals surface area contributed by atoms with Crippen LogP contribution in [-0.4, -0.2) is 10.9 Å². The predicted molar refractivity (Wildman–Crippen MR) is 101 cm³/mol. The summed E-state index contributed by atoms with van der Waals surface area (Å²) in [5.74, 6) is 1.14. The van der Waals surface area contributed by atoms with Crippen molar-refractivity contribution in [3.05, 3.63) is 36.5 Å². The quantitative estimate of drug-likeness (QED) is 0.726. The van der Waals surface area contributed by atoms with Crippen LogP contribution in [0.1, 0.15) is 51.9 Å². The Morgan fingerprint density at radius 1 is 1.21 bits per heavy atom. The van der Waals surface area contributed by atoms with Crippen LogP contribution in [0.25, 0.3) is 10.4 Å². The first kappa shape index (κ1) is 17.2. The number of anilines is 1. The summed E-state index contributed by atoms with van der Waals surface area (Å²) >= 11 is 1.55. The van der Waals surface area contributed by atoms with Gasteiger partial charge in [-0.25, -0.2) is 4.98 Å². The van der Waals surface area contributed by atoms with Crippen molar-refractivity contribution in [2.45, 2.75) is 51.9 Å². The maximum Gasteiger partial charge on any atom is 0.229 e. The van der Waals surface area contributed by atoms with Crippen molar-refractivity contribution in [2.75, 3.05) is 5.32 Å². The highest BCUT2D eigenvalue weighted by molar-refractivity contribution is 7.19. The van der Waals surface area contributed by atoms with Gasteiger partial charge in [0.05, 0.1) is 4.88 Å². The molecule has 3 nitrogen and oxygen atoms in total. The molecule has 0 unspecified atom stereocenters. The second-order valence-electron chi connectivity index (χ2n) is 6.74. The highest BCUT2D eigenvalue weighted by atomic mass is 32.1. The number of unbranched alkanes of at least 4 members (excludes halogenated alkanes) is 1. The minimum absolute atomic E-state index is 0.151. The van der Waals surface area contributed by atoms with E-state index < -0.39 is 0 Å². The Morgan fingerprint density at radius 3 is 2.67 bits per heavy atom. The SMILES string of the molecule is CCCCC1CCC(C(=O)Nc2ncc(-c3ccccc3)s2)CC1. The summed E-state index contributed by atoms with van der Waals surface area (Å²) in [5.41, 5.74) is 1.15. The van der Waals surface area contributed by atoms with Gasteiger partial charge < -0.3 is 5.32 Å². The molecular weight excluding hydrogens is 316 g/mol. The van der Waals surface area contributed by atoms with E-state index in [-0.39, 0.29) is 11.8 Å². The fourth-order valence-corrected chi connectivity index (χ4v) is 4.31. The summed E-state index contributed by atoms with van der Waals surface area (Å²) in [7, 11) is 0. The monoisotopic (exact) mass is 342 g/mol. The van der Waals surface area contributed by atoms with Crippen LogP contribution < -0.4 is 5.32 Å². The molecule has 3 rings (SSSR count). The number of thiazole rings is 1. The van der Waals surface area contributed by atoms with E-state index in [1.54, 1.807) is 11.3 Å². The Hall–Kier alpha value is -1.68. The lowest BCUT2D eigenvalue weighted by molar-refractivity contribution is -0.121. The number of rotatable bonds is 6. The van der Waals surface area contributed by atoms with E-state index in [0.717, 1.165) is 29.2 Å². The second-order valence-corrected chi connectivity index (χ2v) is 7.78. The summed E-state index contributed by atoms with van der Waals surface area (Å²) in [5, 5.41) is 3.74. The normalized spacial score (nSPS) is 20.7. The van der Waals surface area contributed by atoms with Crippen LogP contribution in [0.15, 0.2) is 36.5 Å². The molecule has 0 radical (unpaired) electrons. The maximum atomic E-state index is 12.5. The van der Waals surface area contributed by atoms with Crippen molar-refractivity contribution in [1.29, 1.82) is 0 Å². The molecule has 1 amide bonds. The molecule has 1 aliphatic carbocycles. The number of hydrogen-bond donors (Lipinski definition) is 1. The molecule has 24 heavy (non-hydrogen) atoms. The summed E-state index contributed by atoms with van der Waals surface area (Å²) < 4.78 is 0. The van der Waals surface area contributed by atoms with Crippen molar-refractivity contribution >= 4 is 22.4 Å². The number of carbonyl (C=O) groups excluding carboxylic acids is 1. The van der Waals surface area contributed by atoms with Gasteiger partial charge in [-0.3, -0.25) is 4.79 Å². The Balaban J connectivity index is 1.52. The number of hydrogen-bond acceptors (Lipinski definition) is 3. The molecular formula is C20H26N2OS. The molecule has 1 N–H and O–H groups in total. The second kappa shape index (κ2) is 8.43. The van der Waals surface area contributed by atoms with Crippen LogP contribution in [0, 0.1) is 11.8 Å². The van der Waals surface area contributed by atoms with E-state index in [2.05, 4.69) is 29.4 Å². The molecule has 0 aliphatic heterocycles. The maximum absolute atomic E-state index is 12.5.